The number of amides is 2. The first-order chi connectivity index (χ1) is 62.9. The van der Waals surface area contributed by atoms with Crippen LogP contribution in [0, 0.1) is 35.5 Å². The van der Waals surface area contributed by atoms with Gasteiger partial charge in [-0.15, -0.1) is 0 Å². The number of ether oxygens (including phenoxy) is 8. The first kappa shape index (κ1) is 102. The summed E-state index contributed by atoms with van der Waals surface area (Å²) >= 11 is 0. The maximum absolute atomic E-state index is 15.8. The van der Waals surface area contributed by atoms with Gasteiger partial charge in [-0.2, -0.15) is 0 Å². The number of carbonyl (C=O) groups is 15. The van der Waals surface area contributed by atoms with E-state index in [1.807, 2.05) is 0 Å². The van der Waals surface area contributed by atoms with Gasteiger partial charge in [-0.1, -0.05) is 224 Å². The van der Waals surface area contributed by atoms with Crippen molar-refractivity contribution in [2.75, 3.05) is 26.9 Å². The minimum atomic E-state index is -1.50. The second kappa shape index (κ2) is 57.7. The monoisotopic (exact) mass is 1780 g/mol. The number of ketones is 7. The van der Waals surface area contributed by atoms with Crippen LogP contribution in [0.1, 0.15) is 180 Å². The standard InChI is InChI=1S/C104H118N2O24/c1-73(107)59-87(60-75-40-47-88(108)48-41-75)104(122)106-90(61-74-25-10-3-11-26-74)96(114)65-85(45-53-100(118)128-70-79-33-18-7-19-34-79)94(112)63-83(43-51-98(116)126-68-77-29-14-5-15-30-77)92(110)62-82(42-50-97(115)125-67-76-27-12-4-13-28-76)93(111)64-84(44-52-99(117)127-69-78-31-16-6-17-32-78)95(113)66-86(46-54-101(119)129-71-80-35-20-8-21-36-80)103(121)105-89(91(109)39-24-56-124-58-57-123-2)49-55-102(120)130-72-81-37-22-9-23-38-81/h3-23,25-38,40-41,47-48,82-87,89-90,108H,24,39,42-46,49-72H2,1-2H3,(H,105,121)(H,106,122)/t82-,83-,84-,85-,86-,87+,89-,90-/m1/s1. The zero-order valence-electron chi connectivity index (χ0n) is 73.9. The van der Waals surface area contributed by atoms with Crippen molar-refractivity contribution in [1.29, 1.82) is 0 Å². The molecule has 0 unspecified atom stereocenters. The molecule has 0 heterocycles. The van der Waals surface area contributed by atoms with Crippen molar-refractivity contribution in [3.8, 4) is 5.75 Å². The zero-order valence-corrected chi connectivity index (χ0v) is 73.9. The average molecular weight is 1780 g/mol. The van der Waals surface area contributed by atoms with Crippen LogP contribution < -0.4 is 10.6 Å². The van der Waals surface area contributed by atoms with Gasteiger partial charge in [-0.05, 0) is 121 Å². The fourth-order valence-corrected chi connectivity index (χ4v) is 14.7. The van der Waals surface area contributed by atoms with E-state index < -0.39 is 213 Å². The van der Waals surface area contributed by atoms with Crippen LogP contribution in [0.4, 0.5) is 0 Å². The van der Waals surface area contributed by atoms with Crippen molar-refractivity contribution >= 4 is 88.1 Å². The predicted molar refractivity (Wildman–Crippen MR) is 480 cm³/mol. The van der Waals surface area contributed by atoms with Crippen molar-refractivity contribution < 1.29 is 115 Å². The van der Waals surface area contributed by atoms with E-state index in [4.69, 9.17) is 37.9 Å². The number of esters is 6. The lowest BCUT2D eigenvalue weighted by Gasteiger charge is -2.25. The largest absolute Gasteiger partial charge is 0.508 e. The maximum Gasteiger partial charge on any atom is 0.306 e. The molecule has 2 amide bonds. The number of phenols is 1. The van der Waals surface area contributed by atoms with E-state index in [0.29, 0.717) is 44.5 Å². The molecule has 0 saturated carbocycles. The molecule has 26 nitrogen and oxygen atoms in total. The van der Waals surface area contributed by atoms with Crippen LogP contribution in [-0.2, 0) is 162 Å². The van der Waals surface area contributed by atoms with E-state index >= 15 is 28.8 Å². The number of Topliss-reactive ketones (excluding diaryl/α,β-unsaturated/α-hetero) is 7. The molecule has 130 heavy (non-hydrogen) atoms. The molecule has 0 bridgehead atoms. The molecular formula is C104H118N2O24. The molecule has 0 fully saturated rings. The van der Waals surface area contributed by atoms with Crippen molar-refractivity contribution in [2.24, 2.45) is 35.5 Å². The van der Waals surface area contributed by atoms with E-state index in [-0.39, 0.29) is 129 Å². The molecular weight excluding hydrogens is 1660 g/mol. The van der Waals surface area contributed by atoms with Gasteiger partial charge < -0.3 is 58.4 Å². The Morgan fingerprint density at radius 2 is 0.546 bits per heavy atom. The summed E-state index contributed by atoms with van der Waals surface area (Å²) in [6.45, 7) is 1.06. The van der Waals surface area contributed by atoms with E-state index in [1.165, 1.54) is 26.2 Å². The third kappa shape index (κ3) is 40.1. The Bertz CT molecular complexity index is 4900. The lowest BCUT2D eigenvalue weighted by Crippen LogP contribution is -2.46. The van der Waals surface area contributed by atoms with Gasteiger partial charge in [0, 0.05) is 133 Å². The average Bonchev–Trinajstić information content (AvgIpc) is 0.847. The maximum atomic E-state index is 15.8. The minimum Gasteiger partial charge on any atom is -0.508 e. The topological polar surface area (TPSA) is 374 Å². The van der Waals surface area contributed by atoms with Gasteiger partial charge in [0.15, 0.2) is 11.6 Å². The molecule has 0 aliphatic heterocycles. The molecule has 0 aromatic heterocycles. The van der Waals surface area contributed by atoms with Gasteiger partial charge in [0.1, 0.15) is 74.3 Å². The molecule has 0 saturated heterocycles. The van der Waals surface area contributed by atoms with Gasteiger partial charge in [0.2, 0.25) is 11.8 Å². The summed E-state index contributed by atoms with van der Waals surface area (Å²) in [4.78, 5) is 218. The number of rotatable bonds is 63. The summed E-state index contributed by atoms with van der Waals surface area (Å²) in [5.41, 5.74) is 5.08. The quantitative estimate of drug-likeness (QED) is 0.0181. The second-order valence-corrected chi connectivity index (χ2v) is 32.4. The Hall–Kier alpha value is -13.1. The number of benzene rings is 8. The number of hydrogen-bond acceptors (Lipinski definition) is 24. The Balaban J connectivity index is 1.14. The van der Waals surface area contributed by atoms with Gasteiger partial charge in [-0.3, -0.25) is 67.1 Å². The van der Waals surface area contributed by atoms with Crippen LogP contribution in [0.5, 0.6) is 5.75 Å². The number of hydrogen-bond donors (Lipinski definition) is 3. The third-order valence-electron chi connectivity index (χ3n) is 22.2. The highest BCUT2D eigenvalue weighted by Gasteiger charge is 2.38. The van der Waals surface area contributed by atoms with Crippen LogP contribution in [-0.4, -0.2) is 132 Å². The Morgan fingerprint density at radius 1 is 0.269 bits per heavy atom. The molecule has 0 aliphatic carbocycles. The van der Waals surface area contributed by atoms with Gasteiger partial charge >= 0.3 is 35.8 Å². The molecule has 8 aromatic rings. The first-order valence-electron chi connectivity index (χ1n) is 44.2. The lowest BCUT2D eigenvalue weighted by atomic mass is 9.78. The van der Waals surface area contributed by atoms with Crippen LogP contribution in [0.15, 0.2) is 237 Å². The van der Waals surface area contributed by atoms with Crippen molar-refractivity contribution in [3.63, 3.8) is 0 Å². The zero-order chi connectivity index (χ0) is 93.0. The summed E-state index contributed by atoms with van der Waals surface area (Å²) < 4.78 is 44.6. The van der Waals surface area contributed by atoms with Crippen LogP contribution in [0.2, 0.25) is 0 Å². The summed E-state index contributed by atoms with van der Waals surface area (Å²) in [6, 6.07) is 64.6. The van der Waals surface area contributed by atoms with Gasteiger partial charge in [0.25, 0.3) is 0 Å². The number of methoxy groups -OCH3 is 1. The summed E-state index contributed by atoms with van der Waals surface area (Å²) in [6.07, 6.45) is -8.65. The summed E-state index contributed by atoms with van der Waals surface area (Å²) in [7, 11) is 1.51. The Kier molecular flexibility index (Phi) is 45.4. The van der Waals surface area contributed by atoms with E-state index in [0.717, 1.165) is 0 Å². The van der Waals surface area contributed by atoms with Crippen molar-refractivity contribution in [3.05, 3.63) is 281 Å². The minimum absolute atomic E-state index is 0.0284. The predicted octanol–water partition coefficient (Wildman–Crippen LogP) is 14.8. The molecule has 0 spiro atoms. The van der Waals surface area contributed by atoms with E-state index in [1.54, 1.807) is 224 Å². The lowest BCUT2D eigenvalue weighted by molar-refractivity contribution is -0.147. The van der Waals surface area contributed by atoms with Crippen LogP contribution in [0.3, 0.4) is 0 Å². The molecule has 8 atom stereocenters. The molecule has 8 rings (SSSR count). The molecule has 0 aliphatic rings. The molecule has 8 aromatic carbocycles. The fraction of sp³-hybridized carbons (Fsp3) is 0.394. The normalized spacial score (nSPS) is 12.9. The highest BCUT2D eigenvalue weighted by atomic mass is 16.6. The fourth-order valence-electron chi connectivity index (χ4n) is 14.7. The molecule has 3 N–H and O–H groups in total. The highest BCUT2D eigenvalue weighted by Crippen LogP contribution is 2.32. The molecule has 0 radical (unpaired) electrons. The number of aromatic hydroxyl groups is 1. The molecule has 688 valence electrons. The number of phenolic OH excluding ortho intramolecular Hbond substituents is 1. The summed E-state index contributed by atoms with van der Waals surface area (Å²) in [5.74, 6) is -19.1. The highest BCUT2D eigenvalue weighted by molar-refractivity contribution is 5.98. The van der Waals surface area contributed by atoms with E-state index in [9.17, 15) is 48.3 Å². The third-order valence-corrected chi connectivity index (χ3v) is 22.2. The van der Waals surface area contributed by atoms with Crippen molar-refractivity contribution in [1.82, 2.24) is 10.6 Å². The first-order valence-corrected chi connectivity index (χ1v) is 44.2. The number of carbonyl (C=O) groups excluding carboxylic acids is 15. The van der Waals surface area contributed by atoms with Crippen molar-refractivity contribution in [2.45, 2.75) is 200 Å². The Morgan fingerprint density at radius 3 is 0.869 bits per heavy atom. The summed E-state index contributed by atoms with van der Waals surface area (Å²) in [5, 5.41) is 15.7. The SMILES string of the molecule is COCCOCCCC(=O)[C@@H](CCC(=O)OCc1ccccc1)NC(=O)[C@H](CCC(=O)OCc1ccccc1)CC(=O)[C@H](CCC(=O)OCc1ccccc1)CC(=O)[C@H](CCC(=O)OCc1ccccc1)CC(=O)[C@H](CCC(=O)OCc1ccccc1)CC(=O)[C@H](CCC(=O)OCc1ccccc1)CC(=O)[C@@H](Cc1ccccc1)NC(=O)[C@@H](CC(C)=O)Cc1ccc(O)cc1. The van der Waals surface area contributed by atoms with Crippen LogP contribution in [0.25, 0.3) is 0 Å². The second-order valence-electron chi connectivity index (χ2n) is 32.4. The molecule has 26 heteroatoms. The van der Waals surface area contributed by atoms with E-state index in [2.05, 4.69) is 10.6 Å². The van der Waals surface area contributed by atoms with Gasteiger partial charge in [0.05, 0.1) is 25.3 Å². The number of nitrogens with one attached hydrogen (secondary N) is 2. The van der Waals surface area contributed by atoms with Gasteiger partial charge in [-0.25, -0.2) is 0 Å². The Labute approximate surface area is 758 Å². The van der Waals surface area contributed by atoms with Crippen LogP contribution >= 0.6 is 0 Å². The smallest absolute Gasteiger partial charge is 0.306 e.